The van der Waals surface area contributed by atoms with Gasteiger partial charge in [0, 0.05) is 6.04 Å². The van der Waals surface area contributed by atoms with Crippen LogP contribution < -0.4 is 5.32 Å². The first-order chi connectivity index (χ1) is 8.16. The molecule has 0 spiro atoms. The molecule has 1 aromatic rings. The number of hydrogen-bond donors (Lipinski definition) is 1. The van der Waals surface area contributed by atoms with Crippen molar-refractivity contribution in [2.75, 3.05) is 13.2 Å². The van der Waals surface area contributed by atoms with Crippen molar-refractivity contribution >= 4 is 0 Å². The fraction of sp³-hybridized carbons (Fsp3) is 0.600. The summed E-state index contributed by atoms with van der Waals surface area (Å²) in [6.45, 7) is 9.23. The molecule has 94 valence electrons. The second-order valence-electron chi connectivity index (χ2n) is 5.19. The third-order valence-electron chi connectivity index (χ3n) is 3.57. The molecule has 1 atom stereocenters. The molecule has 2 nitrogen and oxygen atoms in total. The van der Waals surface area contributed by atoms with Crippen molar-refractivity contribution < 1.29 is 4.74 Å². The van der Waals surface area contributed by atoms with Gasteiger partial charge in [0.1, 0.15) is 0 Å². The van der Waals surface area contributed by atoms with E-state index < -0.39 is 0 Å². The molecule has 0 radical (unpaired) electrons. The molecule has 0 saturated carbocycles. The zero-order valence-corrected chi connectivity index (χ0v) is 11.2. The Balaban J connectivity index is 1.89. The molecular formula is C15H23NO. The van der Waals surface area contributed by atoms with Gasteiger partial charge in [0.05, 0.1) is 13.2 Å². The maximum atomic E-state index is 5.84. The molecule has 0 amide bonds. The van der Waals surface area contributed by atoms with Crippen LogP contribution in [0.4, 0.5) is 0 Å². The Hall–Kier alpha value is -0.860. The van der Waals surface area contributed by atoms with Crippen LogP contribution in [-0.4, -0.2) is 19.2 Å². The summed E-state index contributed by atoms with van der Waals surface area (Å²) >= 11 is 0. The summed E-state index contributed by atoms with van der Waals surface area (Å²) in [5, 5.41) is 3.46. The summed E-state index contributed by atoms with van der Waals surface area (Å²) in [5.74, 6) is 0. The summed E-state index contributed by atoms with van der Waals surface area (Å²) < 4.78 is 5.84. The van der Waals surface area contributed by atoms with Crippen LogP contribution in [0, 0.1) is 20.8 Å². The summed E-state index contributed by atoms with van der Waals surface area (Å²) in [6, 6.07) is 5.04. The number of nitrogens with one attached hydrogen (secondary N) is 1. The van der Waals surface area contributed by atoms with E-state index in [1.165, 1.54) is 35.1 Å². The third kappa shape index (κ3) is 3.30. The molecular weight excluding hydrogens is 210 g/mol. The first-order valence-electron chi connectivity index (χ1n) is 6.54. The Kier molecular flexibility index (Phi) is 4.19. The minimum absolute atomic E-state index is 0.570. The Morgan fingerprint density at radius 1 is 1.24 bits per heavy atom. The molecule has 17 heavy (non-hydrogen) atoms. The normalized spacial score (nSPS) is 19.8. The lowest BCUT2D eigenvalue weighted by Gasteiger charge is -2.14. The highest BCUT2D eigenvalue weighted by molar-refractivity contribution is 5.36. The highest BCUT2D eigenvalue weighted by Gasteiger charge is 2.14. The van der Waals surface area contributed by atoms with Crippen LogP contribution in [0.15, 0.2) is 12.1 Å². The average Bonchev–Trinajstić information content (AvgIpc) is 2.74. The van der Waals surface area contributed by atoms with Gasteiger partial charge in [-0.05, 0) is 56.8 Å². The molecule has 1 aliphatic rings. The number of benzene rings is 1. The van der Waals surface area contributed by atoms with Crippen LogP contribution >= 0.6 is 0 Å². The molecule has 1 aromatic carbocycles. The molecule has 0 unspecified atom stereocenters. The smallest absolute Gasteiger partial charge is 0.0722 e. The van der Waals surface area contributed by atoms with E-state index in [1.807, 2.05) is 0 Å². The Morgan fingerprint density at radius 2 is 1.94 bits per heavy atom. The van der Waals surface area contributed by atoms with E-state index in [9.17, 15) is 0 Å². The minimum atomic E-state index is 0.570. The molecule has 1 heterocycles. The van der Waals surface area contributed by atoms with Gasteiger partial charge in [-0.1, -0.05) is 17.7 Å². The van der Waals surface area contributed by atoms with Gasteiger partial charge in [-0.25, -0.2) is 0 Å². The van der Waals surface area contributed by atoms with E-state index in [0.717, 1.165) is 19.8 Å². The van der Waals surface area contributed by atoms with E-state index in [-0.39, 0.29) is 0 Å². The largest absolute Gasteiger partial charge is 0.375 e. The van der Waals surface area contributed by atoms with Gasteiger partial charge in [0.25, 0.3) is 0 Å². The highest BCUT2D eigenvalue weighted by atomic mass is 16.5. The molecule has 0 aromatic heterocycles. The van der Waals surface area contributed by atoms with E-state index in [0.29, 0.717) is 6.04 Å². The molecule has 1 aliphatic heterocycles. The number of aryl methyl sites for hydroxylation is 3. The summed E-state index contributed by atoms with van der Waals surface area (Å²) in [4.78, 5) is 0. The fourth-order valence-corrected chi connectivity index (χ4v) is 2.64. The zero-order valence-electron chi connectivity index (χ0n) is 11.2. The van der Waals surface area contributed by atoms with Crippen LogP contribution in [0.25, 0.3) is 0 Å². The molecule has 1 fully saturated rings. The SMILES string of the molecule is Cc1cc(C)c(COC[C@@H]2CCCN2)c(C)c1. The zero-order chi connectivity index (χ0) is 12.3. The Labute approximate surface area is 104 Å². The summed E-state index contributed by atoms with van der Waals surface area (Å²) in [7, 11) is 0. The van der Waals surface area contributed by atoms with Gasteiger partial charge in [0.2, 0.25) is 0 Å². The van der Waals surface area contributed by atoms with Crippen molar-refractivity contribution in [1.29, 1.82) is 0 Å². The molecule has 2 rings (SSSR count). The quantitative estimate of drug-likeness (QED) is 0.863. The van der Waals surface area contributed by atoms with Crippen molar-refractivity contribution in [3.8, 4) is 0 Å². The predicted octanol–water partition coefficient (Wildman–Crippen LogP) is 2.88. The van der Waals surface area contributed by atoms with Gasteiger partial charge < -0.3 is 10.1 Å². The first-order valence-corrected chi connectivity index (χ1v) is 6.54. The second-order valence-corrected chi connectivity index (χ2v) is 5.19. The number of hydrogen-bond acceptors (Lipinski definition) is 2. The maximum absolute atomic E-state index is 5.84. The minimum Gasteiger partial charge on any atom is -0.375 e. The third-order valence-corrected chi connectivity index (χ3v) is 3.57. The standard InChI is InChI=1S/C15H23NO/c1-11-7-12(2)15(13(3)8-11)10-17-9-14-5-4-6-16-14/h7-8,14,16H,4-6,9-10H2,1-3H3/t14-/m0/s1. The van der Waals surface area contributed by atoms with Crippen molar-refractivity contribution in [3.63, 3.8) is 0 Å². The Morgan fingerprint density at radius 3 is 2.53 bits per heavy atom. The Bertz CT molecular complexity index is 358. The van der Waals surface area contributed by atoms with Gasteiger partial charge in [-0.3, -0.25) is 0 Å². The van der Waals surface area contributed by atoms with Gasteiger partial charge in [0.15, 0.2) is 0 Å². The molecule has 0 bridgehead atoms. The molecule has 0 aliphatic carbocycles. The maximum Gasteiger partial charge on any atom is 0.0722 e. The van der Waals surface area contributed by atoms with Crippen LogP contribution in [0.2, 0.25) is 0 Å². The van der Waals surface area contributed by atoms with Crippen LogP contribution in [0.1, 0.15) is 35.1 Å². The average molecular weight is 233 g/mol. The van der Waals surface area contributed by atoms with E-state index in [2.05, 4.69) is 38.2 Å². The lowest BCUT2D eigenvalue weighted by molar-refractivity contribution is 0.103. The lowest BCUT2D eigenvalue weighted by Crippen LogP contribution is -2.26. The van der Waals surface area contributed by atoms with Crippen molar-refractivity contribution in [3.05, 3.63) is 34.4 Å². The van der Waals surface area contributed by atoms with Crippen molar-refractivity contribution in [2.24, 2.45) is 0 Å². The topological polar surface area (TPSA) is 21.3 Å². The van der Waals surface area contributed by atoms with Gasteiger partial charge in [-0.15, -0.1) is 0 Å². The van der Waals surface area contributed by atoms with Gasteiger partial charge >= 0.3 is 0 Å². The van der Waals surface area contributed by atoms with E-state index in [1.54, 1.807) is 0 Å². The van der Waals surface area contributed by atoms with Crippen molar-refractivity contribution in [2.45, 2.75) is 46.3 Å². The number of rotatable bonds is 4. The van der Waals surface area contributed by atoms with Crippen molar-refractivity contribution in [1.82, 2.24) is 5.32 Å². The van der Waals surface area contributed by atoms with Crippen LogP contribution in [0.5, 0.6) is 0 Å². The summed E-state index contributed by atoms with van der Waals surface area (Å²) in [6.07, 6.45) is 2.54. The molecule has 2 heteroatoms. The van der Waals surface area contributed by atoms with E-state index in [4.69, 9.17) is 4.74 Å². The van der Waals surface area contributed by atoms with Crippen LogP contribution in [0.3, 0.4) is 0 Å². The fourth-order valence-electron chi connectivity index (χ4n) is 2.64. The van der Waals surface area contributed by atoms with Gasteiger partial charge in [-0.2, -0.15) is 0 Å². The first kappa shape index (κ1) is 12.6. The predicted molar refractivity (Wildman–Crippen MR) is 71.3 cm³/mol. The van der Waals surface area contributed by atoms with Crippen LogP contribution in [-0.2, 0) is 11.3 Å². The monoisotopic (exact) mass is 233 g/mol. The second kappa shape index (κ2) is 5.65. The number of ether oxygens (including phenoxy) is 1. The summed E-state index contributed by atoms with van der Waals surface area (Å²) in [5.41, 5.74) is 5.39. The lowest BCUT2D eigenvalue weighted by atomic mass is 10.0. The van der Waals surface area contributed by atoms with E-state index >= 15 is 0 Å². The molecule has 1 N–H and O–H groups in total. The molecule has 1 saturated heterocycles. The highest BCUT2D eigenvalue weighted by Crippen LogP contribution is 2.17.